The van der Waals surface area contributed by atoms with E-state index in [1.165, 1.54) is 0 Å². The Morgan fingerprint density at radius 3 is 2.80 bits per heavy atom. The van der Waals surface area contributed by atoms with E-state index in [9.17, 15) is 0 Å². The summed E-state index contributed by atoms with van der Waals surface area (Å²) < 4.78 is 1.83. The highest BCUT2D eigenvalue weighted by atomic mass is 32.2. The van der Waals surface area contributed by atoms with Crippen molar-refractivity contribution in [1.82, 2.24) is 14.8 Å². The van der Waals surface area contributed by atoms with E-state index in [2.05, 4.69) is 21.5 Å². The summed E-state index contributed by atoms with van der Waals surface area (Å²) in [6.45, 7) is 0. The zero-order valence-electron chi connectivity index (χ0n) is 11.0. The third kappa shape index (κ3) is 2.83. The van der Waals surface area contributed by atoms with Gasteiger partial charge in [-0.25, -0.2) is 9.67 Å². The molecule has 5 heteroatoms. The predicted molar refractivity (Wildman–Crippen MR) is 82.9 cm³/mol. The lowest BCUT2D eigenvalue weighted by atomic mass is 10.2. The number of hydrogen-bond donors (Lipinski definition) is 1. The Morgan fingerprint density at radius 2 is 2.10 bits per heavy atom. The minimum absolute atomic E-state index is 0.834. The first-order chi connectivity index (χ1) is 9.85. The molecule has 2 aromatic heterocycles. The van der Waals surface area contributed by atoms with Gasteiger partial charge in [-0.15, -0.1) is 11.8 Å². The molecule has 0 aliphatic carbocycles. The minimum atomic E-state index is 0.834. The monoisotopic (exact) mass is 282 g/mol. The molecule has 0 atom stereocenters. The highest BCUT2D eigenvalue weighted by molar-refractivity contribution is 7.98. The summed E-state index contributed by atoms with van der Waals surface area (Å²) in [7, 11) is 0. The number of pyridine rings is 1. The molecule has 3 rings (SSSR count). The molecule has 4 nitrogen and oxygen atoms in total. The van der Waals surface area contributed by atoms with Gasteiger partial charge in [-0.3, -0.25) is 0 Å². The van der Waals surface area contributed by atoms with Gasteiger partial charge in [0.15, 0.2) is 0 Å². The number of nitrogens with zero attached hydrogens (tertiary/aromatic N) is 3. The van der Waals surface area contributed by atoms with Crippen LogP contribution in [0.5, 0.6) is 0 Å². The molecule has 0 amide bonds. The molecule has 0 radical (unpaired) electrons. The van der Waals surface area contributed by atoms with Crippen LogP contribution in [0.2, 0.25) is 0 Å². The number of rotatable bonds is 4. The molecule has 0 fully saturated rings. The first kappa shape index (κ1) is 12.7. The lowest BCUT2D eigenvalue weighted by molar-refractivity contribution is 0.881. The third-order valence-corrected chi connectivity index (χ3v) is 3.57. The van der Waals surface area contributed by atoms with Crippen molar-refractivity contribution >= 4 is 23.3 Å². The molecule has 1 aromatic carbocycles. The molecule has 0 aliphatic rings. The largest absolute Gasteiger partial charge is 0.340 e. The smallest absolute Gasteiger partial charge is 0.130 e. The van der Waals surface area contributed by atoms with Crippen LogP contribution < -0.4 is 5.32 Å². The van der Waals surface area contributed by atoms with Gasteiger partial charge in [-0.1, -0.05) is 6.07 Å². The molecular formula is C15H14N4S. The Balaban J connectivity index is 1.82. The van der Waals surface area contributed by atoms with E-state index >= 15 is 0 Å². The second-order valence-electron chi connectivity index (χ2n) is 4.21. The van der Waals surface area contributed by atoms with Crippen LogP contribution in [0.15, 0.2) is 66.0 Å². The average Bonchev–Trinajstić information content (AvgIpc) is 3.03. The van der Waals surface area contributed by atoms with E-state index in [0.29, 0.717) is 0 Å². The Hall–Kier alpha value is -2.27. The predicted octanol–water partition coefficient (Wildman–Crippen LogP) is 3.73. The van der Waals surface area contributed by atoms with Crippen molar-refractivity contribution in [1.29, 1.82) is 0 Å². The van der Waals surface area contributed by atoms with Crippen molar-refractivity contribution in [2.75, 3.05) is 11.6 Å². The molecule has 0 saturated carbocycles. The Bertz CT molecular complexity index is 677. The molecule has 0 saturated heterocycles. The van der Waals surface area contributed by atoms with Crippen molar-refractivity contribution in [2.45, 2.75) is 4.90 Å². The Kier molecular flexibility index (Phi) is 3.69. The lowest BCUT2D eigenvalue weighted by Gasteiger charge is -2.08. The quantitative estimate of drug-likeness (QED) is 0.740. The first-order valence-corrected chi connectivity index (χ1v) is 7.45. The second kappa shape index (κ2) is 5.79. The fourth-order valence-electron chi connectivity index (χ4n) is 1.87. The maximum Gasteiger partial charge on any atom is 0.130 e. The molecule has 3 aromatic rings. The lowest BCUT2D eigenvalue weighted by Crippen LogP contribution is -1.97. The maximum atomic E-state index is 4.38. The van der Waals surface area contributed by atoms with E-state index in [-0.39, 0.29) is 0 Å². The van der Waals surface area contributed by atoms with Crippen LogP contribution in [-0.2, 0) is 0 Å². The summed E-state index contributed by atoms with van der Waals surface area (Å²) in [6.07, 6.45) is 7.59. The number of thioether (sulfide) groups is 1. The van der Waals surface area contributed by atoms with Crippen LogP contribution in [0.3, 0.4) is 0 Å². The standard InChI is InChI=1S/C15H14N4S/c1-20-14-6-7-15(16-11-14)18-12-4-2-5-13(10-12)19-9-3-8-17-19/h2-11H,1H3,(H,16,18). The number of benzene rings is 1. The first-order valence-electron chi connectivity index (χ1n) is 6.22. The van der Waals surface area contributed by atoms with Gasteiger partial charge >= 0.3 is 0 Å². The van der Waals surface area contributed by atoms with E-state index in [1.54, 1.807) is 18.0 Å². The SMILES string of the molecule is CSc1ccc(Nc2cccc(-n3cccn3)c2)nc1. The van der Waals surface area contributed by atoms with E-state index in [0.717, 1.165) is 22.1 Å². The Labute approximate surface area is 121 Å². The fourth-order valence-corrected chi connectivity index (χ4v) is 2.23. The van der Waals surface area contributed by atoms with Crippen LogP contribution in [0, 0.1) is 0 Å². The van der Waals surface area contributed by atoms with Crippen LogP contribution in [0.1, 0.15) is 0 Å². The van der Waals surface area contributed by atoms with E-state index in [4.69, 9.17) is 0 Å². The molecule has 0 bridgehead atoms. The van der Waals surface area contributed by atoms with Gasteiger partial charge in [0.1, 0.15) is 5.82 Å². The van der Waals surface area contributed by atoms with E-state index < -0.39 is 0 Å². The molecular weight excluding hydrogens is 268 g/mol. The molecule has 20 heavy (non-hydrogen) atoms. The maximum absolute atomic E-state index is 4.38. The van der Waals surface area contributed by atoms with Crippen LogP contribution >= 0.6 is 11.8 Å². The summed E-state index contributed by atoms with van der Waals surface area (Å²) in [5.74, 6) is 0.834. The topological polar surface area (TPSA) is 42.7 Å². The van der Waals surface area contributed by atoms with Crippen LogP contribution in [-0.4, -0.2) is 21.0 Å². The molecule has 2 heterocycles. The summed E-state index contributed by atoms with van der Waals surface area (Å²) in [5.41, 5.74) is 2.00. The average molecular weight is 282 g/mol. The highest BCUT2D eigenvalue weighted by Gasteiger charge is 2.00. The molecule has 0 unspecified atom stereocenters. The van der Waals surface area contributed by atoms with Crippen LogP contribution in [0.25, 0.3) is 5.69 Å². The van der Waals surface area contributed by atoms with Gasteiger partial charge in [-0.2, -0.15) is 5.10 Å². The van der Waals surface area contributed by atoms with Gasteiger partial charge in [0.25, 0.3) is 0 Å². The van der Waals surface area contributed by atoms with Gasteiger partial charge < -0.3 is 5.32 Å². The minimum Gasteiger partial charge on any atom is -0.340 e. The molecule has 100 valence electrons. The van der Waals surface area contributed by atoms with Crippen molar-refractivity contribution in [3.63, 3.8) is 0 Å². The summed E-state index contributed by atoms with van der Waals surface area (Å²) in [6, 6.07) is 14.0. The number of aromatic nitrogens is 3. The molecule has 1 N–H and O–H groups in total. The summed E-state index contributed by atoms with van der Waals surface area (Å²) in [5, 5.41) is 7.52. The van der Waals surface area contributed by atoms with Crippen molar-refractivity contribution in [3.8, 4) is 5.69 Å². The van der Waals surface area contributed by atoms with Gasteiger partial charge in [-0.05, 0) is 42.7 Å². The number of hydrogen-bond acceptors (Lipinski definition) is 4. The van der Waals surface area contributed by atoms with Crippen molar-refractivity contribution < 1.29 is 0 Å². The number of anilines is 2. The normalized spacial score (nSPS) is 10.4. The fraction of sp³-hybridized carbons (Fsp3) is 0.0667. The zero-order chi connectivity index (χ0) is 13.8. The second-order valence-corrected chi connectivity index (χ2v) is 5.09. The van der Waals surface area contributed by atoms with Gasteiger partial charge in [0.05, 0.1) is 5.69 Å². The van der Waals surface area contributed by atoms with Crippen molar-refractivity contribution in [2.24, 2.45) is 0 Å². The van der Waals surface area contributed by atoms with Crippen molar-refractivity contribution in [3.05, 3.63) is 61.1 Å². The zero-order valence-corrected chi connectivity index (χ0v) is 11.8. The Morgan fingerprint density at radius 1 is 1.15 bits per heavy atom. The molecule has 0 aliphatic heterocycles. The van der Waals surface area contributed by atoms with Gasteiger partial charge in [0, 0.05) is 29.2 Å². The highest BCUT2D eigenvalue weighted by Crippen LogP contribution is 2.20. The van der Waals surface area contributed by atoms with Gasteiger partial charge in [0.2, 0.25) is 0 Å². The van der Waals surface area contributed by atoms with Crippen LogP contribution in [0.4, 0.5) is 11.5 Å². The molecule has 0 spiro atoms. The summed E-state index contributed by atoms with van der Waals surface area (Å²) in [4.78, 5) is 5.54. The third-order valence-electron chi connectivity index (χ3n) is 2.86. The summed E-state index contributed by atoms with van der Waals surface area (Å²) >= 11 is 1.68. The number of nitrogens with one attached hydrogen (secondary N) is 1. The van der Waals surface area contributed by atoms with E-state index in [1.807, 2.05) is 59.7 Å².